The maximum atomic E-state index is 12.6. The van der Waals surface area contributed by atoms with Gasteiger partial charge in [-0.25, -0.2) is 0 Å². The Hall–Kier alpha value is -2.36. The molecular formula is C25H35N2O8P. The first-order chi connectivity index (χ1) is 16.8. The van der Waals surface area contributed by atoms with E-state index in [4.69, 9.17) is 28.0 Å². The molecule has 2 aliphatic heterocycles. The normalized spacial score (nSPS) is 18.4. The maximum Gasteiger partial charge on any atom is 0.337 e. The molecule has 0 radical (unpaired) electrons. The molecule has 0 fully saturated rings. The minimum absolute atomic E-state index is 0.374. The van der Waals surface area contributed by atoms with E-state index in [9.17, 15) is 9.36 Å². The summed E-state index contributed by atoms with van der Waals surface area (Å²) in [4.78, 5) is 19.3. The zero-order valence-corrected chi connectivity index (χ0v) is 23.2. The molecule has 0 spiro atoms. The van der Waals surface area contributed by atoms with E-state index >= 15 is 0 Å². The molecule has 1 unspecified atom stereocenters. The summed E-state index contributed by atoms with van der Waals surface area (Å²) in [7, 11) is -0.479. The summed E-state index contributed by atoms with van der Waals surface area (Å²) in [6.45, 7) is 13.7. The van der Waals surface area contributed by atoms with Crippen molar-refractivity contribution in [3.8, 4) is 11.5 Å². The van der Waals surface area contributed by atoms with Gasteiger partial charge < -0.3 is 28.0 Å². The number of aldehydes is 1. The van der Waals surface area contributed by atoms with Gasteiger partial charge in [-0.1, -0.05) is 0 Å². The van der Waals surface area contributed by atoms with E-state index < -0.39 is 24.8 Å². The van der Waals surface area contributed by atoms with Crippen molar-refractivity contribution in [2.24, 2.45) is 0 Å². The van der Waals surface area contributed by atoms with Crippen LogP contribution in [-0.2, 0) is 36.3 Å². The Balaban J connectivity index is 0.000000212. The molecule has 0 N–H and O–H groups in total. The van der Waals surface area contributed by atoms with Crippen LogP contribution in [0.2, 0.25) is 0 Å². The Morgan fingerprint density at radius 1 is 0.917 bits per heavy atom. The molecule has 2 aromatic heterocycles. The Morgan fingerprint density at radius 2 is 1.39 bits per heavy atom. The number of rotatable bonds is 5. The molecule has 0 amide bonds. The molecule has 4 heterocycles. The zero-order valence-electron chi connectivity index (χ0n) is 22.3. The SMILES string of the molecule is COP(=O)(OC)C(C)c1cnc(C)c2c1COC(C)(C)O2.Cc1ncc(C=O)c2c1OC(C)(C)OC2. The number of carbonyl (C=O) groups excluding carboxylic acids is 1. The predicted molar refractivity (Wildman–Crippen MR) is 132 cm³/mol. The fourth-order valence-electron chi connectivity index (χ4n) is 3.94. The number of nitrogens with zero attached hydrogens (tertiary/aromatic N) is 2. The molecule has 198 valence electrons. The summed E-state index contributed by atoms with van der Waals surface area (Å²) in [5, 5.41) is 0. The first-order valence-electron chi connectivity index (χ1n) is 11.6. The standard InChI is InChI=1S/C14H22NO5P.C11H13NO3/c1-9-13-12(8-19-14(3,4)20-13)11(7-15-9)10(2)21(16,17-5)18-6;1-7-10-9(8(5-13)4-12-7)6-14-11(2,3)15-10/h7,10H,8H2,1-6H3;4-5H,6H2,1-3H3. The molecule has 1 atom stereocenters. The molecular weight excluding hydrogens is 487 g/mol. The molecule has 0 aliphatic carbocycles. The summed E-state index contributed by atoms with van der Waals surface area (Å²) < 4.78 is 45.5. The van der Waals surface area contributed by atoms with Crippen molar-refractivity contribution in [1.82, 2.24) is 9.97 Å². The molecule has 0 bridgehead atoms. The van der Waals surface area contributed by atoms with Gasteiger partial charge in [-0.15, -0.1) is 0 Å². The van der Waals surface area contributed by atoms with E-state index in [1.807, 2.05) is 41.5 Å². The first-order valence-corrected chi connectivity index (χ1v) is 13.2. The second-order valence-electron chi connectivity index (χ2n) is 9.49. The summed E-state index contributed by atoms with van der Waals surface area (Å²) in [5.74, 6) is 0.0132. The van der Waals surface area contributed by atoms with Gasteiger partial charge in [-0.2, -0.15) is 0 Å². The Labute approximate surface area is 212 Å². The third kappa shape index (κ3) is 5.79. The van der Waals surface area contributed by atoms with Crippen LogP contribution in [-0.4, -0.2) is 42.0 Å². The molecule has 4 rings (SSSR count). The number of fused-ring (bicyclic) bond motifs is 2. The summed E-state index contributed by atoms with van der Waals surface area (Å²) >= 11 is 0. The lowest BCUT2D eigenvalue weighted by molar-refractivity contribution is -0.181. The van der Waals surface area contributed by atoms with Gasteiger partial charge in [0, 0.05) is 71.0 Å². The van der Waals surface area contributed by atoms with Crippen LogP contribution in [0.1, 0.15) is 78.7 Å². The average molecular weight is 523 g/mol. The Kier molecular flexibility index (Phi) is 8.27. The van der Waals surface area contributed by atoms with Crippen molar-refractivity contribution < 1.29 is 37.4 Å². The van der Waals surface area contributed by atoms with E-state index in [1.54, 1.807) is 19.3 Å². The fourth-order valence-corrected chi connectivity index (χ4v) is 5.28. The predicted octanol–water partition coefficient (Wildman–Crippen LogP) is 5.43. The van der Waals surface area contributed by atoms with Crippen molar-refractivity contribution in [2.75, 3.05) is 14.2 Å². The molecule has 2 aliphatic rings. The molecule has 0 aromatic carbocycles. The lowest BCUT2D eigenvalue weighted by Gasteiger charge is -2.35. The maximum absolute atomic E-state index is 12.6. The van der Waals surface area contributed by atoms with Crippen LogP contribution in [0.4, 0.5) is 0 Å². The van der Waals surface area contributed by atoms with Crippen LogP contribution in [0.15, 0.2) is 12.4 Å². The molecule has 10 nitrogen and oxygen atoms in total. The van der Waals surface area contributed by atoms with Gasteiger partial charge in [0.15, 0.2) is 12.0 Å². The highest BCUT2D eigenvalue weighted by Gasteiger charge is 2.37. The molecule has 36 heavy (non-hydrogen) atoms. The van der Waals surface area contributed by atoms with E-state index in [2.05, 4.69) is 9.97 Å². The van der Waals surface area contributed by atoms with E-state index in [0.29, 0.717) is 30.3 Å². The lowest BCUT2D eigenvalue weighted by atomic mass is 10.0. The fraction of sp³-hybridized carbons (Fsp3) is 0.560. The minimum atomic E-state index is -3.24. The van der Waals surface area contributed by atoms with Crippen molar-refractivity contribution in [1.29, 1.82) is 0 Å². The summed E-state index contributed by atoms with van der Waals surface area (Å²) in [6.07, 6.45) is 4.01. The van der Waals surface area contributed by atoms with Crippen LogP contribution >= 0.6 is 7.60 Å². The van der Waals surface area contributed by atoms with Crippen molar-refractivity contribution >= 4 is 13.9 Å². The van der Waals surface area contributed by atoms with Crippen molar-refractivity contribution in [2.45, 2.75) is 78.9 Å². The molecule has 2 aromatic rings. The third-order valence-corrected chi connectivity index (χ3v) is 8.33. The van der Waals surface area contributed by atoms with Crippen molar-refractivity contribution in [3.63, 3.8) is 0 Å². The largest absolute Gasteiger partial charge is 0.461 e. The number of aryl methyl sites for hydroxylation is 2. The van der Waals surface area contributed by atoms with Gasteiger partial charge in [0.05, 0.1) is 30.3 Å². The summed E-state index contributed by atoms with van der Waals surface area (Å²) in [5.41, 5.74) is 4.04. The lowest BCUT2D eigenvalue weighted by Crippen LogP contribution is -2.36. The van der Waals surface area contributed by atoms with Crippen LogP contribution in [0.3, 0.4) is 0 Å². The van der Waals surface area contributed by atoms with E-state index in [0.717, 1.165) is 34.4 Å². The van der Waals surface area contributed by atoms with Gasteiger partial charge in [0.1, 0.15) is 5.75 Å². The highest BCUT2D eigenvalue weighted by molar-refractivity contribution is 7.54. The zero-order chi connectivity index (χ0) is 26.9. The van der Waals surface area contributed by atoms with Gasteiger partial charge >= 0.3 is 7.60 Å². The van der Waals surface area contributed by atoms with Crippen molar-refractivity contribution in [3.05, 3.63) is 46.0 Å². The molecule has 0 saturated heterocycles. The number of ether oxygens (including phenoxy) is 4. The van der Waals surface area contributed by atoms with E-state index in [1.165, 1.54) is 14.2 Å². The minimum Gasteiger partial charge on any atom is -0.461 e. The Bertz CT molecular complexity index is 1170. The number of carbonyl (C=O) groups is 1. The second-order valence-corrected chi connectivity index (χ2v) is 12.1. The first kappa shape index (κ1) is 28.2. The highest BCUT2D eigenvalue weighted by Crippen LogP contribution is 2.60. The monoisotopic (exact) mass is 522 g/mol. The van der Waals surface area contributed by atoms with Gasteiger partial charge in [-0.3, -0.25) is 19.3 Å². The van der Waals surface area contributed by atoms with Crippen LogP contribution in [0.25, 0.3) is 0 Å². The number of aromatic nitrogens is 2. The van der Waals surface area contributed by atoms with E-state index in [-0.39, 0.29) is 0 Å². The number of hydrogen-bond acceptors (Lipinski definition) is 10. The average Bonchev–Trinajstić information content (AvgIpc) is 2.84. The van der Waals surface area contributed by atoms with Gasteiger partial charge in [-0.05, 0) is 26.3 Å². The quantitative estimate of drug-likeness (QED) is 0.372. The smallest absolute Gasteiger partial charge is 0.337 e. The topological polar surface area (TPSA) is 115 Å². The highest BCUT2D eigenvalue weighted by atomic mass is 31.2. The van der Waals surface area contributed by atoms with Crippen LogP contribution in [0.5, 0.6) is 11.5 Å². The molecule has 11 heteroatoms. The third-order valence-electron chi connectivity index (χ3n) is 6.08. The van der Waals surface area contributed by atoms with Crippen LogP contribution in [0, 0.1) is 13.8 Å². The van der Waals surface area contributed by atoms with Crippen LogP contribution < -0.4 is 9.47 Å². The second kappa shape index (κ2) is 10.6. The summed E-state index contributed by atoms with van der Waals surface area (Å²) in [6, 6.07) is 0. The molecule has 0 saturated carbocycles. The Morgan fingerprint density at radius 3 is 1.89 bits per heavy atom. The van der Waals surface area contributed by atoms with Gasteiger partial charge in [0.25, 0.3) is 0 Å². The number of hydrogen-bond donors (Lipinski definition) is 0. The number of pyridine rings is 2. The van der Waals surface area contributed by atoms with Gasteiger partial charge in [0.2, 0.25) is 11.6 Å².